The third kappa shape index (κ3) is 4.56. The Morgan fingerprint density at radius 2 is 1.86 bits per heavy atom. The zero-order valence-electron chi connectivity index (χ0n) is 17.3. The van der Waals surface area contributed by atoms with Crippen molar-refractivity contribution in [3.63, 3.8) is 0 Å². The summed E-state index contributed by atoms with van der Waals surface area (Å²) >= 11 is 0. The highest BCUT2D eigenvalue weighted by molar-refractivity contribution is 5.78. The second-order valence-corrected chi connectivity index (χ2v) is 8.23. The minimum Gasteiger partial charge on any atom is -0.486 e. The first-order valence-electron chi connectivity index (χ1n) is 10.6. The van der Waals surface area contributed by atoms with Crippen molar-refractivity contribution in [2.24, 2.45) is 5.92 Å². The van der Waals surface area contributed by atoms with Gasteiger partial charge in [0.1, 0.15) is 13.2 Å². The molecule has 29 heavy (non-hydrogen) atoms. The van der Waals surface area contributed by atoms with Crippen molar-refractivity contribution in [2.45, 2.75) is 38.8 Å². The smallest absolute Gasteiger partial charge is 0.234 e. The van der Waals surface area contributed by atoms with Crippen LogP contribution in [0.3, 0.4) is 0 Å². The van der Waals surface area contributed by atoms with E-state index in [4.69, 9.17) is 9.47 Å². The normalized spacial score (nSPS) is 19.9. The van der Waals surface area contributed by atoms with Gasteiger partial charge in [0.25, 0.3) is 0 Å². The van der Waals surface area contributed by atoms with E-state index in [2.05, 4.69) is 48.3 Å². The Morgan fingerprint density at radius 3 is 2.62 bits per heavy atom. The zero-order valence-corrected chi connectivity index (χ0v) is 17.3. The molecule has 1 amide bonds. The highest BCUT2D eigenvalue weighted by Crippen LogP contribution is 2.38. The lowest BCUT2D eigenvalue weighted by Crippen LogP contribution is -2.40. The molecule has 2 unspecified atom stereocenters. The number of rotatable bonds is 6. The SMILES string of the molecule is CC(C)C(NC(=O)CN1CCCC1c1ccc2c(c1)OCCO2)c1ccccc1. The lowest BCUT2D eigenvalue weighted by atomic mass is 9.96. The van der Waals surface area contributed by atoms with E-state index in [0.717, 1.165) is 36.4 Å². The van der Waals surface area contributed by atoms with Gasteiger partial charge in [-0.3, -0.25) is 9.69 Å². The number of benzene rings is 2. The highest BCUT2D eigenvalue weighted by Gasteiger charge is 2.29. The standard InChI is InChI=1S/C24H30N2O3/c1-17(2)24(18-7-4-3-5-8-18)25-23(27)16-26-12-6-9-20(26)19-10-11-21-22(15-19)29-14-13-28-21/h3-5,7-8,10-11,15,17,20,24H,6,9,12-14,16H2,1-2H3,(H,25,27). The van der Waals surface area contributed by atoms with Gasteiger partial charge in [0, 0.05) is 6.04 Å². The molecule has 1 fully saturated rings. The van der Waals surface area contributed by atoms with Crippen molar-refractivity contribution in [1.29, 1.82) is 0 Å². The van der Waals surface area contributed by atoms with Gasteiger partial charge in [-0.05, 0) is 48.6 Å². The number of likely N-dealkylation sites (tertiary alicyclic amines) is 1. The molecule has 2 aromatic carbocycles. The maximum atomic E-state index is 12.9. The van der Waals surface area contributed by atoms with Crippen LogP contribution in [-0.4, -0.2) is 37.1 Å². The second-order valence-electron chi connectivity index (χ2n) is 8.23. The average Bonchev–Trinajstić information content (AvgIpc) is 3.20. The van der Waals surface area contributed by atoms with Crippen LogP contribution in [0.1, 0.15) is 49.9 Å². The van der Waals surface area contributed by atoms with E-state index >= 15 is 0 Å². The summed E-state index contributed by atoms with van der Waals surface area (Å²) in [6, 6.07) is 16.7. The van der Waals surface area contributed by atoms with Gasteiger partial charge in [-0.2, -0.15) is 0 Å². The summed E-state index contributed by atoms with van der Waals surface area (Å²) in [6.45, 7) is 6.82. The van der Waals surface area contributed by atoms with Gasteiger partial charge in [0.05, 0.1) is 12.6 Å². The molecule has 2 aliphatic heterocycles. The highest BCUT2D eigenvalue weighted by atomic mass is 16.6. The molecule has 1 saturated heterocycles. The molecule has 2 aliphatic rings. The van der Waals surface area contributed by atoms with E-state index in [0.29, 0.717) is 25.7 Å². The fraction of sp³-hybridized carbons (Fsp3) is 0.458. The Balaban J connectivity index is 1.43. The molecule has 0 aromatic heterocycles. The Bertz CT molecular complexity index is 837. The predicted octanol–water partition coefficient (Wildman–Crippen LogP) is 4.11. The Hall–Kier alpha value is -2.53. The first kappa shape index (κ1) is 19.8. The van der Waals surface area contributed by atoms with Crippen molar-refractivity contribution in [3.05, 3.63) is 59.7 Å². The number of ether oxygens (including phenoxy) is 2. The summed E-state index contributed by atoms with van der Waals surface area (Å²) in [5.41, 5.74) is 2.35. The lowest BCUT2D eigenvalue weighted by molar-refractivity contribution is -0.123. The summed E-state index contributed by atoms with van der Waals surface area (Å²) in [7, 11) is 0. The summed E-state index contributed by atoms with van der Waals surface area (Å²) < 4.78 is 11.4. The van der Waals surface area contributed by atoms with Gasteiger partial charge in [-0.1, -0.05) is 50.2 Å². The summed E-state index contributed by atoms with van der Waals surface area (Å²) in [5, 5.41) is 3.26. The van der Waals surface area contributed by atoms with E-state index in [1.807, 2.05) is 24.3 Å². The second kappa shape index (κ2) is 8.87. The van der Waals surface area contributed by atoms with Crippen LogP contribution in [0.2, 0.25) is 0 Å². The van der Waals surface area contributed by atoms with Gasteiger partial charge in [0.15, 0.2) is 11.5 Å². The fourth-order valence-corrected chi connectivity index (χ4v) is 4.36. The van der Waals surface area contributed by atoms with Gasteiger partial charge in [-0.25, -0.2) is 0 Å². The molecule has 0 bridgehead atoms. The molecule has 0 radical (unpaired) electrons. The number of amides is 1. The van der Waals surface area contributed by atoms with E-state index in [1.165, 1.54) is 5.56 Å². The minimum absolute atomic E-state index is 0.0269. The molecule has 5 nitrogen and oxygen atoms in total. The maximum absolute atomic E-state index is 12.9. The molecule has 2 aromatic rings. The Kier molecular flexibility index (Phi) is 6.05. The van der Waals surface area contributed by atoms with Crippen molar-refractivity contribution >= 4 is 5.91 Å². The Labute approximate surface area is 173 Å². The van der Waals surface area contributed by atoms with E-state index < -0.39 is 0 Å². The van der Waals surface area contributed by atoms with Gasteiger partial charge < -0.3 is 14.8 Å². The minimum atomic E-state index is 0.0269. The third-order valence-corrected chi connectivity index (χ3v) is 5.80. The molecule has 2 atom stereocenters. The first-order valence-corrected chi connectivity index (χ1v) is 10.6. The van der Waals surface area contributed by atoms with Gasteiger partial charge >= 0.3 is 0 Å². The maximum Gasteiger partial charge on any atom is 0.234 e. The molecule has 0 spiro atoms. The topological polar surface area (TPSA) is 50.8 Å². The largest absolute Gasteiger partial charge is 0.486 e. The third-order valence-electron chi connectivity index (χ3n) is 5.80. The molecule has 4 rings (SSSR count). The number of fused-ring (bicyclic) bond motifs is 1. The van der Waals surface area contributed by atoms with Crippen molar-refractivity contribution in [1.82, 2.24) is 10.2 Å². The summed E-state index contributed by atoms with van der Waals surface area (Å²) in [5.74, 6) is 2.03. The molecule has 0 saturated carbocycles. The van der Waals surface area contributed by atoms with Gasteiger partial charge in [-0.15, -0.1) is 0 Å². The number of carbonyl (C=O) groups excluding carboxylic acids is 1. The molecule has 5 heteroatoms. The van der Waals surface area contributed by atoms with Crippen LogP contribution in [0.15, 0.2) is 48.5 Å². The van der Waals surface area contributed by atoms with Crippen LogP contribution in [0.4, 0.5) is 0 Å². The monoisotopic (exact) mass is 394 g/mol. The van der Waals surface area contributed by atoms with Crippen LogP contribution < -0.4 is 14.8 Å². The Morgan fingerprint density at radius 1 is 1.10 bits per heavy atom. The number of nitrogens with zero attached hydrogens (tertiary/aromatic N) is 1. The first-order chi connectivity index (χ1) is 14.1. The summed E-state index contributed by atoms with van der Waals surface area (Å²) in [4.78, 5) is 15.2. The van der Waals surface area contributed by atoms with E-state index in [1.54, 1.807) is 0 Å². The molecule has 1 N–H and O–H groups in total. The summed E-state index contributed by atoms with van der Waals surface area (Å²) in [6.07, 6.45) is 2.15. The molecule has 154 valence electrons. The van der Waals surface area contributed by atoms with Crippen LogP contribution in [0.25, 0.3) is 0 Å². The van der Waals surface area contributed by atoms with Crippen LogP contribution in [-0.2, 0) is 4.79 Å². The predicted molar refractivity (Wildman–Crippen MR) is 113 cm³/mol. The van der Waals surface area contributed by atoms with Crippen LogP contribution in [0, 0.1) is 5.92 Å². The zero-order chi connectivity index (χ0) is 20.2. The number of nitrogens with one attached hydrogen (secondary N) is 1. The van der Waals surface area contributed by atoms with Crippen LogP contribution in [0.5, 0.6) is 11.5 Å². The molecule has 0 aliphatic carbocycles. The average molecular weight is 395 g/mol. The van der Waals surface area contributed by atoms with E-state index in [-0.39, 0.29) is 18.0 Å². The van der Waals surface area contributed by atoms with Crippen molar-refractivity contribution < 1.29 is 14.3 Å². The lowest BCUT2D eigenvalue weighted by Gasteiger charge is -2.28. The molecule has 2 heterocycles. The van der Waals surface area contributed by atoms with E-state index in [9.17, 15) is 4.79 Å². The number of hydrogen-bond donors (Lipinski definition) is 1. The fourth-order valence-electron chi connectivity index (χ4n) is 4.36. The number of hydrogen-bond acceptors (Lipinski definition) is 4. The van der Waals surface area contributed by atoms with Gasteiger partial charge in [0.2, 0.25) is 5.91 Å². The van der Waals surface area contributed by atoms with Crippen molar-refractivity contribution in [3.8, 4) is 11.5 Å². The quantitative estimate of drug-likeness (QED) is 0.801. The molecular weight excluding hydrogens is 364 g/mol. The number of carbonyl (C=O) groups is 1. The van der Waals surface area contributed by atoms with Crippen LogP contribution >= 0.6 is 0 Å². The molecular formula is C24H30N2O3. The van der Waals surface area contributed by atoms with Crippen molar-refractivity contribution in [2.75, 3.05) is 26.3 Å².